The van der Waals surface area contributed by atoms with Crippen LogP contribution < -0.4 is 0 Å². The molecular formula is C14H15Cl2N3O. The molecule has 1 fully saturated rings. The van der Waals surface area contributed by atoms with E-state index in [0.29, 0.717) is 16.0 Å². The van der Waals surface area contributed by atoms with Gasteiger partial charge < -0.3 is 4.74 Å². The smallest absolute Gasteiger partial charge is 0.113 e. The molecule has 1 aromatic carbocycles. The van der Waals surface area contributed by atoms with Gasteiger partial charge in [-0.15, -0.1) is 5.10 Å². The van der Waals surface area contributed by atoms with Crippen LogP contribution in [0.5, 0.6) is 0 Å². The van der Waals surface area contributed by atoms with Crippen LogP contribution in [0.15, 0.2) is 24.4 Å². The fourth-order valence-corrected chi connectivity index (χ4v) is 2.94. The van der Waals surface area contributed by atoms with Crippen molar-refractivity contribution >= 4 is 23.2 Å². The summed E-state index contributed by atoms with van der Waals surface area (Å²) in [6, 6.07) is 5.39. The Morgan fingerprint density at radius 2 is 1.85 bits per heavy atom. The van der Waals surface area contributed by atoms with E-state index >= 15 is 0 Å². The van der Waals surface area contributed by atoms with Gasteiger partial charge in [0, 0.05) is 35.4 Å². The number of ether oxygens (including phenoxy) is 1. The predicted molar refractivity (Wildman–Crippen MR) is 79.0 cm³/mol. The number of hydrogen-bond donors (Lipinski definition) is 0. The summed E-state index contributed by atoms with van der Waals surface area (Å²) in [7, 11) is 0. The van der Waals surface area contributed by atoms with E-state index in [1.54, 1.807) is 6.07 Å². The molecule has 0 saturated carbocycles. The van der Waals surface area contributed by atoms with Crippen molar-refractivity contribution in [3.63, 3.8) is 0 Å². The number of nitrogens with zero attached hydrogens (tertiary/aromatic N) is 3. The van der Waals surface area contributed by atoms with Crippen molar-refractivity contribution < 1.29 is 4.74 Å². The van der Waals surface area contributed by atoms with Gasteiger partial charge in [-0.05, 0) is 37.0 Å². The second kappa shape index (κ2) is 6.12. The molecule has 1 aliphatic heterocycles. The predicted octanol–water partition coefficient (Wildman–Crippen LogP) is 3.68. The molecule has 6 heteroatoms. The molecule has 3 rings (SSSR count). The van der Waals surface area contributed by atoms with Crippen molar-refractivity contribution in [2.75, 3.05) is 13.2 Å². The van der Waals surface area contributed by atoms with Crippen LogP contribution in [0.4, 0.5) is 0 Å². The zero-order valence-corrected chi connectivity index (χ0v) is 12.4. The molecule has 0 aliphatic carbocycles. The fraction of sp³-hybridized carbons (Fsp3) is 0.429. The lowest BCUT2D eigenvalue weighted by Crippen LogP contribution is -2.20. The topological polar surface area (TPSA) is 39.9 Å². The minimum atomic E-state index is 0.603. The molecular weight excluding hydrogens is 297 g/mol. The summed E-state index contributed by atoms with van der Waals surface area (Å²) in [5.41, 5.74) is 1.68. The third-order valence-electron chi connectivity index (χ3n) is 3.48. The molecule has 0 N–H and O–H groups in total. The number of benzene rings is 1. The maximum absolute atomic E-state index is 6.01. The molecule has 1 aliphatic rings. The number of halogens is 2. The molecule has 106 valence electrons. The number of rotatable bonds is 3. The molecule has 1 aromatic heterocycles. The standard InChI is InChI=1S/C14H15Cl2N3O/c15-12-5-11(6-13(16)7-12)14-9-19(18-17-14)8-10-1-3-20-4-2-10/h5-7,9-10H,1-4,8H2. The second-order valence-corrected chi connectivity index (χ2v) is 5.91. The van der Waals surface area contributed by atoms with Gasteiger partial charge in [0.25, 0.3) is 0 Å². The van der Waals surface area contributed by atoms with Gasteiger partial charge in [0.1, 0.15) is 5.69 Å². The van der Waals surface area contributed by atoms with E-state index in [0.717, 1.165) is 43.9 Å². The highest BCUT2D eigenvalue weighted by Gasteiger charge is 2.15. The van der Waals surface area contributed by atoms with Crippen LogP contribution in [-0.4, -0.2) is 28.2 Å². The second-order valence-electron chi connectivity index (χ2n) is 5.04. The van der Waals surface area contributed by atoms with Crippen LogP contribution in [0.3, 0.4) is 0 Å². The molecule has 0 bridgehead atoms. The molecule has 4 nitrogen and oxygen atoms in total. The SMILES string of the molecule is Clc1cc(Cl)cc(-c2cn(CC3CCOCC3)nn2)c1. The summed E-state index contributed by atoms with van der Waals surface area (Å²) in [6.45, 7) is 2.57. The van der Waals surface area contributed by atoms with Crippen molar-refractivity contribution in [3.8, 4) is 11.3 Å². The summed E-state index contributed by atoms with van der Waals surface area (Å²) in [6.07, 6.45) is 4.10. The first-order chi connectivity index (χ1) is 9.70. The zero-order chi connectivity index (χ0) is 13.9. The molecule has 0 radical (unpaired) electrons. The Morgan fingerprint density at radius 1 is 1.15 bits per heavy atom. The maximum Gasteiger partial charge on any atom is 0.113 e. The monoisotopic (exact) mass is 311 g/mol. The minimum Gasteiger partial charge on any atom is -0.381 e. The maximum atomic E-state index is 6.01. The van der Waals surface area contributed by atoms with Crippen molar-refractivity contribution in [2.24, 2.45) is 5.92 Å². The molecule has 0 amide bonds. The fourth-order valence-electron chi connectivity index (χ4n) is 2.42. The molecule has 20 heavy (non-hydrogen) atoms. The van der Waals surface area contributed by atoms with Gasteiger partial charge in [-0.25, -0.2) is 0 Å². The third-order valence-corrected chi connectivity index (χ3v) is 3.92. The Labute approximate surface area is 127 Å². The van der Waals surface area contributed by atoms with Gasteiger partial charge in [0.15, 0.2) is 0 Å². The quantitative estimate of drug-likeness (QED) is 0.868. The highest BCUT2D eigenvalue weighted by molar-refractivity contribution is 6.35. The van der Waals surface area contributed by atoms with Crippen molar-refractivity contribution in [2.45, 2.75) is 19.4 Å². The Balaban J connectivity index is 1.75. The van der Waals surface area contributed by atoms with E-state index in [4.69, 9.17) is 27.9 Å². The zero-order valence-electron chi connectivity index (χ0n) is 10.9. The van der Waals surface area contributed by atoms with E-state index in [-0.39, 0.29) is 0 Å². The third kappa shape index (κ3) is 3.32. The van der Waals surface area contributed by atoms with Gasteiger partial charge in [-0.1, -0.05) is 28.4 Å². The molecule has 2 aromatic rings. The van der Waals surface area contributed by atoms with Crippen LogP contribution in [0.1, 0.15) is 12.8 Å². The largest absolute Gasteiger partial charge is 0.381 e. The Morgan fingerprint density at radius 3 is 2.55 bits per heavy atom. The number of hydrogen-bond acceptors (Lipinski definition) is 3. The Kier molecular flexibility index (Phi) is 4.24. The summed E-state index contributed by atoms with van der Waals surface area (Å²) < 4.78 is 7.25. The molecule has 0 spiro atoms. The lowest BCUT2D eigenvalue weighted by Gasteiger charge is -2.21. The van der Waals surface area contributed by atoms with Crippen LogP contribution in [0, 0.1) is 5.92 Å². The summed E-state index contributed by atoms with van der Waals surface area (Å²) in [5.74, 6) is 0.612. The van der Waals surface area contributed by atoms with Crippen molar-refractivity contribution in [3.05, 3.63) is 34.4 Å². The van der Waals surface area contributed by atoms with Crippen LogP contribution in [-0.2, 0) is 11.3 Å². The van der Waals surface area contributed by atoms with Gasteiger partial charge in [-0.2, -0.15) is 0 Å². The van der Waals surface area contributed by atoms with Crippen LogP contribution in [0.2, 0.25) is 10.0 Å². The minimum absolute atomic E-state index is 0.603. The molecule has 0 unspecified atom stereocenters. The highest BCUT2D eigenvalue weighted by atomic mass is 35.5. The lowest BCUT2D eigenvalue weighted by molar-refractivity contribution is 0.0600. The average Bonchev–Trinajstić information content (AvgIpc) is 2.87. The Bertz CT molecular complexity index is 574. The van der Waals surface area contributed by atoms with E-state index in [2.05, 4.69) is 10.3 Å². The van der Waals surface area contributed by atoms with Gasteiger partial charge in [0.05, 0.1) is 6.20 Å². The van der Waals surface area contributed by atoms with Crippen molar-refractivity contribution in [1.82, 2.24) is 15.0 Å². The van der Waals surface area contributed by atoms with Crippen LogP contribution in [0.25, 0.3) is 11.3 Å². The summed E-state index contributed by atoms with van der Waals surface area (Å²) >= 11 is 12.0. The highest BCUT2D eigenvalue weighted by Crippen LogP contribution is 2.26. The van der Waals surface area contributed by atoms with Gasteiger partial charge in [-0.3, -0.25) is 4.68 Å². The molecule has 1 saturated heterocycles. The van der Waals surface area contributed by atoms with E-state index in [1.165, 1.54) is 0 Å². The first-order valence-electron chi connectivity index (χ1n) is 6.65. The first kappa shape index (κ1) is 13.9. The Hall–Kier alpha value is -1.10. The summed E-state index contributed by atoms with van der Waals surface area (Å²) in [5, 5.41) is 9.59. The lowest BCUT2D eigenvalue weighted by atomic mass is 10.0. The average molecular weight is 312 g/mol. The van der Waals surface area contributed by atoms with E-state index in [9.17, 15) is 0 Å². The molecule has 2 heterocycles. The van der Waals surface area contributed by atoms with Crippen molar-refractivity contribution in [1.29, 1.82) is 0 Å². The van der Waals surface area contributed by atoms with Crippen LogP contribution >= 0.6 is 23.2 Å². The van der Waals surface area contributed by atoms with Gasteiger partial charge >= 0.3 is 0 Å². The molecule has 0 atom stereocenters. The van der Waals surface area contributed by atoms with E-state index in [1.807, 2.05) is 23.0 Å². The number of aromatic nitrogens is 3. The first-order valence-corrected chi connectivity index (χ1v) is 7.40. The summed E-state index contributed by atoms with van der Waals surface area (Å²) in [4.78, 5) is 0. The van der Waals surface area contributed by atoms with Gasteiger partial charge in [0.2, 0.25) is 0 Å². The van der Waals surface area contributed by atoms with E-state index < -0.39 is 0 Å². The normalized spacial score (nSPS) is 16.5.